The van der Waals surface area contributed by atoms with Crippen LogP contribution in [0, 0.1) is 9.39 Å². The van der Waals surface area contributed by atoms with Gasteiger partial charge in [0.05, 0.1) is 16.3 Å². The number of aromatic nitrogens is 4. The van der Waals surface area contributed by atoms with Gasteiger partial charge in [0.15, 0.2) is 5.82 Å². The zero-order chi connectivity index (χ0) is 16.4. The maximum absolute atomic E-state index is 13.7. The SMILES string of the molecule is O=C(Nc1nn(Cc2ccccc2F)cc1Cl)c1[nH]ncc1I. The smallest absolute Gasteiger partial charge is 0.276 e. The molecule has 118 valence electrons. The van der Waals surface area contributed by atoms with E-state index in [1.165, 1.54) is 23.1 Å². The molecule has 2 aromatic heterocycles. The quantitative estimate of drug-likeness (QED) is 0.605. The lowest BCUT2D eigenvalue weighted by atomic mass is 10.2. The van der Waals surface area contributed by atoms with Gasteiger partial charge in [-0.05, 0) is 28.7 Å². The van der Waals surface area contributed by atoms with E-state index in [2.05, 4.69) is 20.6 Å². The summed E-state index contributed by atoms with van der Waals surface area (Å²) < 4.78 is 15.8. The van der Waals surface area contributed by atoms with E-state index in [1.807, 2.05) is 22.6 Å². The van der Waals surface area contributed by atoms with Crippen LogP contribution in [-0.2, 0) is 6.54 Å². The highest BCUT2D eigenvalue weighted by Crippen LogP contribution is 2.21. The molecule has 3 rings (SSSR count). The van der Waals surface area contributed by atoms with Crippen molar-refractivity contribution < 1.29 is 9.18 Å². The Bertz CT molecular complexity index is 862. The van der Waals surface area contributed by atoms with Gasteiger partial charge in [0, 0.05) is 11.8 Å². The Morgan fingerprint density at radius 2 is 2.22 bits per heavy atom. The number of amides is 1. The highest BCUT2D eigenvalue weighted by atomic mass is 127. The molecular weight excluding hydrogens is 436 g/mol. The summed E-state index contributed by atoms with van der Waals surface area (Å²) in [6.07, 6.45) is 3.06. The summed E-state index contributed by atoms with van der Waals surface area (Å²) in [6, 6.07) is 6.40. The molecule has 0 fully saturated rings. The second-order valence-corrected chi connectivity index (χ2v) is 6.23. The van der Waals surface area contributed by atoms with Crippen molar-refractivity contribution in [2.45, 2.75) is 6.54 Å². The number of nitrogens with one attached hydrogen (secondary N) is 2. The van der Waals surface area contributed by atoms with E-state index < -0.39 is 5.91 Å². The predicted octanol–water partition coefficient (Wildman–Crippen LogP) is 3.30. The molecule has 0 unspecified atom stereocenters. The van der Waals surface area contributed by atoms with Gasteiger partial charge < -0.3 is 5.32 Å². The number of nitrogens with zero attached hydrogens (tertiary/aromatic N) is 3. The largest absolute Gasteiger partial charge is 0.302 e. The molecule has 0 atom stereocenters. The van der Waals surface area contributed by atoms with Gasteiger partial charge in [-0.25, -0.2) is 4.39 Å². The lowest BCUT2D eigenvalue weighted by Gasteiger charge is -2.03. The molecular formula is C14H10ClFIN5O. The van der Waals surface area contributed by atoms with Crippen molar-refractivity contribution >= 4 is 45.9 Å². The third-order valence-corrected chi connectivity index (χ3v) is 4.15. The molecule has 1 amide bonds. The fraction of sp³-hybridized carbons (Fsp3) is 0.0714. The zero-order valence-corrected chi connectivity index (χ0v) is 14.5. The minimum absolute atomic E-state index is 0.207. The fourth-order valence-electron chi connectivity index (χ4n) is 1.96. The number of H-pyrrole nitrogens is 1. The number of aromatic amines is 1. The van der Waals surface area contributed by atoms with E-state index in [0.29, 0.717) is 14.8 Å². The first-order chi connectivity index (χ1) is 11.0. The lowest BCUT2D eigenvalue weighted by Crippen LogP contribution is -2.15. The Hall–Kier alpha value is -1.94. The minimum Gasteiger partial charge on any atom is -0.302 e. The molecule has 6 nitrogen and oxygen atoms in total. The Morgan fingerprint density at radius 1 is 1.43 bits per heavy atom. The van der Waals surface area contributed by atoms with Crippen molar-refractivity contribution in [3.05, 3.63) is 62.3 Å². The lowest BCUT2D eigenvalue weighted by molar-refractivity contribution is 0.102. The average molecular weight is 446 g/mol. The van der Waals surface area contributed by atoms with Crippen LogP contribution in [0.25, 0.3) is 0 Å². The van der Waals surface area contributed by atoms with E-state index >= 15 is 0 Å². The number of benzene rings is 1. The van der Waals surface area contributed by atoms with Crippen LogP contribution in [0.15, 0.2) is 36.7 Å². The van der Waals surface area contributed by atoms with E-state index in [9.17, 15) is 9.18 Å². The summed E-state index contributed by atoms with van der Waals surface area (Å²) >= 11 is 8.07. The number of anilines is 1. The van der Waals surface area contributed by atoms with Crippen LogP contribution >= 0.6 is 34.2 Å². The van der Waals surface area contributed by atoms with Crippen LogP contribution < -0.4 is 5.32 Å². The monoisotopic (exact) mass is 445 g/mol. The predicted molar refractivity (Wildman–Crippen MR) is 92.0 cm³/mol. The molecule has 0 radical (unpaired) electrons. The third kappa shape index (κ3) is 3.53. The van der Waals surface area contributed by atoms with E-state index in [4.69, 9.17) is 11.6 Å². The Morgan fingerprint density at radius 3 is 2.91 bits per heavy atom. The number of carbonyl (C=O) groups is 1. The highest BCUT2D eigenvalue weighted by Gasteiger charge is 2.16. The van der Waals surface area contributed by atoms with Crippen molar-refractivity contribution in [2.24, 2.45) is 0 Å². The average Bonchev–Trinajstić information content (AvgIpc) is 3.08. The van der Waals surface area contributed by atoms with Gasteiger partial charge in [-0.15, -0.1) is 0 Å². The summed E-state index contributed by atoms with van der Waals surface area (Å²) in [5.74, 6) is -0.514. The van der Waals surface area contributed by atoms with E-state index in [-0.39, 0.29) is 23.2 Å². The standard InChI is InChI=1S/C14H10ClFIN5O/c15-9-7-22(6-8-3-1-2-4-10(8)16)21-13(9)19-14(23)12-11(17)5-18-20-12/h1-5,7H,6H2,(H,18,20)(H,19,21,23). The van der Waals surface area contributed by atoms with Crippen molar-refractivity contribution in [1.82, 2.24) is 20.0 Å². The molecule has 3 aromatic rings. The van der Waals surface area contributed by atoms with Gasteiger partial charge in [-0.3, -0.25) is 14.6 Å². The summed E-state index contributed by atoms with van der Waals surface area (Å²) in [7, 11) is 0. The second-order valence-electron chi connectivity index (χ2n) is 4.66. The first-order valence-electron chi connectivity index (χ1n) is 6.51. The minimum atomic E-state index is -0.398. The first-order valence-corrected chi connectivity index (χ1v) is 7.97. The molecule has 23 heavy (non-hydrogen) atoms. The van der Waals surface area contributed by atoms with Crippen LogP contribution in [0.1, 0.15) is 16.1 Å². The summed E-state index contributed by atoms with van der Waals surface area (Å²) in [6.45, 7) is 0.212. The van der Waals surface area contributed by atoms with Crippen molar-refractivity contribution in [3.8, 4) is 0 Å². The number of carbonyl (C=O) groups excluding carboxylic acids is 1. The normalized spacial score (nSPS) is 10.7. The Kier molecular flexibility index (Phi) is 4.62. The molecule has 0 saturated carbocycles. The number of hydrogen-bond acceptors (Lipinski definition) is 3. The first kappa shape index (κ1) is 15.9. The Balaban J connectivity index is 1.78. The van der Waals surface area contributed by atoms with Gasteiger partial charge in [-0.1, -0.05) is 29.8 Å². The Labute approximate surface area is 149 Å². The molecule has 0 saturated heterocycles. The van der Waals surface area contributed by atoms with Crippen LogP contribution in [0.3, 0.4) is 0 Å². The summed E-state index contributed by atoms with van der Waals surface area (Å²) in [4.78, 5) is 12.1. The van der Waals surface area contributed by atoms with Crippen LogP contribution in [0.2, 0.25) is 5.02 Å². The van der Waals surface area contributed by atoms with Gasteiger partial charge in [0.25, 0.3) is 5.91 Å². The maximum Gasteiger partial charge on any atom is 0.276 e. The van der Waals surface area contributed by atoms with Gasteiger partial charge in [0.2, 0.25) is 0 Å². The molecule has 0 bridgehead atoms. The van der Waals surface area contributed by atoms with E-state index in [0.717, 1.165) is 0 Å². The summed E-state index contributed by atoms with van der Waals surface area (Å²) in [5.41, 5.74) is 0.804. The number of hydrogen-bond donors (Lipinski definition) is 2. The van der Waals surface area contributed by atoms with Gasteiger partial charge in [0.1, 0.15) is 16.5 Å². The third-order valence-electron chi connectivity index (χ3n) is 3.06. The topological polar surface area (TPSA) is 75.6 Å². The molecule has 0 aliphatic heterocycles. The van der Waals surface area contributed by atoms with Crippen LogP contribution in [-0.4, -0.2) is 25.9 Å². The van der Waals surface area contributed by atoms with Gasteiger partial charge in [-0.2, -0.15) is 10.2 Å². The molecule has 0 spiro atoms. The van der Waals surface area contributed by atoms with Crippen LogP contribution in [0.4, 0.5) is 10.2 Å². The van der Waals surface area contributed by atoms with Crippen molar-refractivity contribution in [1.29, 1.82) is 0 Å². The zero-order valence-electron chi connectivity index (χ0n) is 11.6. The number of halogens is 3. The second kappa shape index (κ2) is 6.67. The van der Waals surface area contributed by atoms with Crippen LogP contribution in [0.5, 0.6) is 0 Å². The maximum atomic E-state index is 13.7. The fourth-order valence-corrected chi connectivity index (χ4v) is 2.67. The molecule has 0 aliphatic carbocycles. The highest BCUT2D eigenvalue weighted by molar-refractivity contribution is 14.1. The molecule has 0 aliphatic rings. The summed E-state index contributed by atoms with van der Waals surface area (Å²) in [5, 5.41) is 13.4. The van der Waals surface area contributed by atoms with Crippen molar-refractivity contribution in [2.75, 3.05) is 5.32 Å². The molecule has 2 heterocycles. The molecule has 1 aromatic carbocycles. The van der Waals surface area contributed by atoms with Crippen molar-refractivity contribution in [3.63, 3.8) is 0 Å². The van der Waals surface area contributed by atoms with Gasteiger partial charge >= 0.3 is 0 Å². The number of rotatable bonds is 4. The van der Waals surface area contributed by atoms with E-state index in [1.54, 1.807) is 18.2 Å². The molecule has 9 heteroatoms. The molecule has 2 N–H and O–H groups in total.